The average Bonchev–Trinajstić information content (AvgIpc) is 2.87. The second kappa shape index (κ2) is 5.25. The van der Waals surface area contributed by atoms with Gasteiger partial charge in [0.2, 0.25) is 5.78 Å². The van der Waals surface area contributed by atoms with Gasteiger partial charge in [-0.25, -0.2) is 0 Å². The van der Waals surface area contributed by atoms with E-state index in [1.165, 1.54) is 0 Å². The number of carbonyl (C=O) groups is 1. The van der Waals surface area contributed by atoms with Crippen LogP contribution in [0, 0.1) is 0 Å². The van der Waals surface area contributed by atoms with Crippen LogP contribution < -0.4 is 14.2 Å². The molecule has 1 heterocycles. The van der Waals surface area contributed by atoms with Crippen molar-refractivity contribution in [2.75, 3.05) is 13.7 Å². The van der Waals surface area contributed by atoms with Crippen molar-refractivity contribution in [3.63, 3.8) is 0 Å². The Bertz CT molecular complexity index is 631. The zero-order valence-electron chi connectivity index (χ0n) is 11.1. The molecule has 0 atom stereocenters. The van der Waals surface area contributed by atoms with E-state index in [-0.39, 0.29) is 12.4 Å². The maximum Gasteiger partial charge on any atom is 0.203 e. The summed E-state index contributed by atoms with van der Waals surface area (Å²) in [5.74, 6) is 2.12. The number of ketones is 1. The first-order chi connectivity index (χ1) is 9.76. The third-order valence-electron chi connectivity index (χ3n) is 3.18. The molecular weight excluding hydrogens is 256 g/mol. The van der Waals surface area contributed by atoms with E-state index in [1.54, 1.807) is 25.3 Å². The second-order valence-corrected chi connectivity index (χ2v) is 4.51. The summed E-state index contributed by atoms with van der Waals surface area (Å²) in [6.07, 6.45) is 0. The largest absolute Gasteiger partial charge is 0.497 e. The summed E-state index contributed by atoms with van der Waals surface area (Å²) < 4.78 is 16.1. The molecule has 102 valence electrons. The van der Waals surface area contributed by atoms with Crippen molar-refractivity contribution in [2.45, 2.75) is 6.61 Å². The van der Waals surface area contributed by atoms with E-state index < -0.39 is 0 Å². The maximum absolute atomic E-state index is 11.4. The highest BCUT2D eigenvalue weighted by Crippen LogP contribution is 2.29. The molecule has 4 heteroatoms. The van der Waals surface area contributed by atoms with E-state index in [0.717, 1.165) is 11.3 Å². The number of methoxy groups -OCH3 is 1. The van der Waals surface area contributed by atoms with Crippen LogP contribution in [0.4, 0.5) is 0 Å². The molecule has 0 unspecified atom stereocenters. The molecule has 0 spiro atoms. The van der Waals surface area contributed by atoms with Gasteiger partial charge in [-0.2, -0.15) is 0 Å². The van der Waals surface area contributed by atoms with Crippen molar-refractivity contribution >= 4 is 5.78 Å². The van der Waals surface area contributed by atoms with Crippen LogP contribution in [0.1, 0.15) is 15.9 Å². The quantitative estimate of drug-likeness (QED) is 0.857. The fraction of sp³-hybridized carbons (Fsp3) is 0.188. The fourth-order valence-electron chi connectivity index (χ4n) is 2.05. The van der Waals surface area contributed by atoms with E-state index in [1.807, 2.05) is 24.3 Å². The lowest BCUT2D eigenvalue weighted by molar-refractivity contribution is 0.0961. The molecule has 0 radical (unpaired) electrons. The Morgan fingerprint density at radius 3 is 2.60 bits per heavy atom. The van der Waals surface area contributed by atoms with Gasteiger partial charge in [0.15, 0.2) is 6.61 Å². The van der Waals surface area contributed by atoms with Crippen molar-refractivity contribution < 1.29 is 19.0 Å². The van der Waals surface area contributed by atoms with Crippen molar-refractivity contribution in [1.82, 2.24) is 0 Å². The Morgan fingerprint density at radius 2 is 1.85 bits per heavy atom. The van der Waals surface area contributed by atoms with Gasteiger partial charge in [-0.05, 0) is 29.8 Å². The van der Waals surface area contributed by atoms with Crippen LogP contribution >= 0.6 is 0 Å². The van der Waals surface area contributed by atoms with Crippen LogP contribution in [0.25, 0.3) is 0 Å². The summed E-state index contributed by atoms with van der Waals surface area (Å²) in [6, 6.07) is 13.0. The molecule has 1 aliphatic rings. The molecule has 0 N–H and O–H groups in total. The molecule has 20 heavy (non-hydrogen) atoms. The minimum Gasteiger partial charge on any atom is -0.497 e. The lowest BCUT2D eigenvalue weighted by Crippen LogP contribution is -1.98. The Labute approximate surface area is 116 Å². The smallest absolute Gasteiger partial charge is 0.203 e. The van der Waals surface area contributed by atoms with E-state index in [2.05, 4.69) is 0 Å². The molecule has 2 aromatic rings. The van der Waals surface area contributed by atoms with Gasteiger partial charge in [0.1, 0.15) is 23.9 Å². The molecule has 0 aliphatic carbocycles. The number of Topliss-reactive ketones (excluding diaryl/α,β-unsaturated/α-hetero) is 1. The fourth-order valence-corrected chi connectivity index (χ4v) is 2.05. The molecule has 0 aromatic heterocycles. The third kappa shape index (κ3) is 2.45. The molecular formula is C16H14O4. The van der Waals surface area contributed by atoms with Crippen molar-refractivity contribution in [1.29, 1.82) is 0 Å². The topological polar surface area (TPSA) is 44.8 Å². The molecule has 0 saturated heterocycles. The molecule has 0 saturated carbocycles. The third-order valence-corrected chi connectivity index (χ3v) is 3.18. The molecule has 0 fully saturated rings. The number of rotatable bonds is 4. The van der Waals surface area contributed by atoms with Gasteiger partial charge >= 0.3 is 0 Å². The van der Waals surface area contributed by atoms with Gasteiger partial charge < -0.3 is 14.2 Å². The van der Waals surface area contributed by atoms with Gasteiger partial charge in [-0.1, -0.05) is 12.1 Å². The first-order valence-electron chi connectivity index (χ1n) is 6.32. The maximum atomic E-state index is 11.4. The predicted octanol–water partition coefficient (Wildman–Crippen LogP) is 2.85. The SMILES string of the molecule is COc1ccc(COc2ccc3c(c2)OCC3=O)cc1. The molecule has 3 rings (SSSR count). The number of hydrogen-bond acceptors (Lipinski definition) is 4. The van der Waals surface area contributed by atoms with Gasteiger partial charge in [0.25, 0.3) is 0 Å². The van der Waals surface area contributed by atoms with Crippen LogP contribution in [-0.2, 0) is 6.61 Å². The van der Waals surface area contributed by atoms with Crippen LogP contribution in [0.3, 0.4) is 0 Å². The van der Waals surface area contributed by atoms with Crippen LogP contribution in [0.15, 0.2) is 42.5 Å². The van der Waals surface area contributed by atoms with Crippen molar-refractivity contribution in [2.24, 2.45) is 0 Å². The lowest BCUT2D eigenvalue weighted by Gasteiger charge is -2.08. The zero-order valence-corrected chi connectivity index (χ0v) is 11.1. The standard InChI is InChI=1S/C16H14O4/c1-18-12-4-2-11(3-5-12)9-19-13-6-7-14-15(17)10-20-16(14)8-13/h2-8H,9-10H2,1H3. The Kier molecular flexibility index (Phi) is 3.29. The monoisotopic (exact) mass is 270 g/mol. The molecule has 4 nitrogen and oxygen atoms in total. The minimum absolute atomic E-state index is 0.0155. The summed E-state index contributed by atoms with van der Waals surface area (Å²) in [5.41, 5.74) is 1.67. The number of benzene rings is 2. The van der Waals surface area contributed by atoms with Crippen molar-refractivity contribution in [3.05, 3.63) is 53.6 Å². The number of fused-ring (bicyclic) bond motifs is 1. The number of ether oxygens (including phenoxy) is 3. The highest BCUT2D eigenvalue weighted by Gasteiger charge is 2.21. The second-order valence-electron chi connectivity index (χ2n) is 4.51. The van der Waals surface area contributed by atoms with E-state index in [4.69, 9.17) is 14.2 Å². The first kappa shape index (κ1) is 12.5. The summed E-state index contributed by atoms with van der Waals surface area (Å²) >= 11 is 0. The average molecular weight is 270 g/mol. The highest BCUT2D eigenvalue weighted by molar-refractivity contribution is 6.02. The lowest BCUT2D eigenvalue weighted by atomic mass is 10.1. The Hall–Kier alpha value is -2.49. The van der Waals surface area contributed by atoms with Crippen LogP contribution in [-0.4, -0.2) is 19.5 Å². The molecule has 2 aromatic carbocycles. The Balaban J connectivity index is 1.67. The van der Waals surface area contributed by atoms with Gasteiger partial charge in [-0.15, -0.1) is 0 Å². The summed E-state index contributed by atoms with van der Waals surface area (Å²) in [5, 5.41) is 0. The van der Waals surface area contributed by atoms with Crippen molar-refractivity contribution in [3.8, 4) is 17.2 Å². The Morgan fingerprint density at radius 1 is 1.10 bits per heavy atom. The zero-order chi connectivity index (χ0) is 13.9. The van der Waals surface area contributed by atoms with E-state index >= 15 is 0 Å². The predicted molar refractivity (Wildman–Crippen MR) is 73.6 cm³/mol. The normalized spacial score (nSPS) is 12.8. The van der Waals surface area contributed by atoms with Gasteiger partial charge in [0, 0.05) is 6.07 Å². The summed E-state index contributed by atoms with van der Waals surface area (Å²) in [7, 11) is 1.64. The van der Waals surface area contributed by atoms with Gasteiger partial charge in [-0.3, -0.25) is 4.79 Å². The summed E-state index contributed by atoms with van der Waals surface area (Å²) in [6.45, 7) is 0.577. The number of hydrogen-bond donors (Lipinski definition) is 0. The van der Waals surface area contributed by atoms with Gasteiger partial charge in [0.05, 0.1) is 12.7 Å². The molecule has 0 amide bonds. The van der Waals surface area contributed by atoms with E-state index in [0.29, 0.717) is 23.7 Å². The van der Waals surface area contributed by atoms with E-state index in [9.17, 15) is 4.79 Å². The van der Waals surface area contributed by atoms with Crippen LogP contribution in [0.2, 0.25) is 0 Å². The molecule has 0 bridgehead atoms. The van der Waals surface area contributed by atoms with Crippen LogP contribution in [0.5, 0.6) is 17.2 Å². The minimum atomic E-state index is 0.0155. The molecule has 1 aliphatic heterocycles. The highest BCUT2D eigenvalue weighted by atomic mass is 16.5. The summed E-state index contributed by atoms with van der Waals surface area (Å²) in [4.78, 5) is 11.4. The first-order valence-corrected chi connectivity index (χ1v) is 6.32. The number of carbonyl (C=O) groups excluding carboxylic acids is 1.